The fraction of sp³-hybridized carbons (Fsp3) is 0.333. The van der Waals surface area contributed by atoms with Crippen molar-refractivity contribution in [2.45, 2.75) is 24.5 Å². The van der Waals surface area contributed by atoms with Crippen LogP contribution in [0.25, 0.3) is 11.2 Å². The monoisotopic (exact) mass is 639 g/mol. The van der Waals surface area contributed by atoms with Gasteiger partial charge in [0.1, 0.15) is 24.1 Å². The Morgan fingerprint density at radius 3 is 2.51 bits per heavy atom. The van der Waals surface area contributed by atoms with E-state index in [1.54, 1.807) is 25.2 Å². The molecule has 7 atom stereocenters. The third-order valence-corrected chi connectivity index (χ3v) is 9.35. The highest BCUT2D eigenvalue weighted by Gasteiger charge is 2.49. The van der Waals surface area contributed by atoms with E-state index in [0.717, 1.165) is 6.33 Å². The number of nitrogens with zero attached hydrogens (tertiary/aromatic N) is 4. The van der Waals surface area contributed by atoms with Gasteiger partial charge in [-0.3, -0.25) is 9.09 Å². The van der Waals surface area contributed by atoms with Crippen LogP contribution < -0.4 is 16.6 Å². The standard InChI is InChI=1S/C18H24N7O13P3/c1-21-10-5-3-2-4-9(10)18(27)36-14-13(26)11(6-34-40(30,31)38-41(32,33)37-39(20,28)29)35-17(14)25-8-24-12-15(19)22-7-23-16(12)25/h2-5,7-8,11,13-14,17,21,26H,6H2,1H3,(H,30,31)(H,32,33)(H2,19,22,23)(H3,20,28,29)/t11-,13-,14-,17-/m1/s1. The Kier molecular flexibility index (Phi) is 8.96. The number of nitrogens with two attached hydrogens (primary N) is 2. The predicted octanol–water partition coefficient (Wildman–Crippen LogP) is 0.244. The number of benzene rings is 1. The van der Waals surface area contributed by atoms with Crippen molar-refractivity contribution in [3.8, 4) is 0 Å². The fourth-order valence-electron chi connectivity index (χ4n) is 3.81. The first kappa shape index (κ1) is 31.1. The summed E-state index contributed by atoms with van der Waals surface area (Å²) in [5.74, 6) is -0.861. The van der Waals surface area contributed by atoms with Crippen molar-refractivity contribution < 1.29 is 60.9 Å². The second-order valence-electron chi connectivity index (χ2n) is 8.26. The number of hydrogen-bond donors (Lipinski definition) is 7. The summed E-state index contributed by atoms with van der Waals surface area (Å²) in [5.41, 5.74) is 11.2. The number of phosphoric ester groups is 1. The van der Waals surface area contributed by atoms with Crippen molar-refractivity contribution in [2.24, 2.45) is 5.50 Å². The zero-order valence-corrected chi connectivity index (χ0v) is 23.4. The molecule has 1 saturated heterocycles. The van der Waals surface area contributed by atoms with Crippen LogP contribution in [0.5, 0.6) is 0 Å². The Balaban J connectivity index is 1.59. The van der Waals surface area contributed by atoms with E-state index >= 15 is 0 Å². The number of phosphoric acid groups is 2. The van der Waals surface area contributed by atoms with Crippen molar-refractivity contribution >= 4 is 52.0 Å². The summed E-state index contributed by atoms with van der Waals surface area (Å²) < 4.78 is 59.9. The molecule has 23 heteroatoms. The van der Waals surface area contributed by atoms with Crippen molar-refractivity contribution in [3.63, 3.8) is 0 Å². The Morgan fingerprint density at radius 2 is 1.83 bits per heavy atom. The molecule has 1 fully saturated rings. The Morgan fingerprint density at radius 1 is 1.12 bits per heavy atom. The van der Waals surface area contributed by atoms with E-state index in [0.29, 0.717) is 5.69 Å². The molecule has 1 aromatic carbocycles. The summed E-state index contributed by atoms with van der Waals surface area (Å²) in [4.78, 5) is 53.3. The summed E-state index contributed by atoms with van der Waals surface area (Å²) in [5, 5.41) is 13.9. The lowest BCUT2D eigenvalue weighted by molar-refractivity contribution is -0.0557. The number of nitrogen functional groups attached to an aromatic ring is 1. The number of hydrogen-bond acceptors (Lipinski definition) is 15. The molecule has 3 aromatic rings. The zero-order chi connectivity index (χ0) is 30.2. The van der Waals surface area contributed by atoms with E-state index < -0.39 is 60.5 Å². The highest BCUT2D eigenvalue weighted by molar-refractivity contribution is 7.67. The minimum atomic E-state index is -5.66. The number of imidazole rings is 1. The average Bonchev–Trinajstić information content (AvgIpc) is 3.42. The van der Waals surface area contributed by atoms with E-state index in [1.165, 1.54) is 17.0 Å². The molecule has 1 aliphatic heterocycles. The number of rotatable bonds is 11. The number of aromatic nitrogens is 4. The van der Waals surface area contributed by atoms with Crippen LogP contribution in [0.3, 0.4) is 0 Å². The molecular formula is C18H24N7O13P3. The van der Waals surface area contributed by atoms with Gasteiger partial charge in [-0.2, -0.15) is 8.62 Å². The number of carbonyl (C=O) groups excluding carboxylic acids is 1. The highest BCUT2D eigenvalue weighted by atomic mass is 31.3. The molecule has 0 radical (unpaired) electrons. The molecule has 0 spiro atoms. The number of ether oxygens (including phenoxy) is 2. The van der Waals surface area contributed by atoms with Crippen LogP contribution in [0.1, 0.15) is 16.6 Å². The maximum atomic E-state index is 13.1. The van der Waals surface area contributed by atoms with E-state index in [-0.39, 0.29) is 22.5 Å². The van der Waals surface area contributed by atoms with Crippen LogP contribution in [0, 0.1) is 0 Å². The number of para-hydroxylation sites is 1. The van der Waals surface area contributed by atoms with E-state index in [1.807, 2.05) is 0 Å². The predicted molar refractivity (Wildman–Crippen MR) is 137 cm³/mol. The van der Waals surface area contributed by atoms with Gasteiger partial charge in [-0.1, -0.05) is 12.1 Å². The number of anilines is 2. The molecule has 224 valence electrons. The third kappa shape index (κ3) is 7.34. The van der Waals surface area contributed by atoms with Gasteiger partial charge >= 0.3 is 29.4 Å². The van der Waals surface area contributed by atoms with Crippen LogP contribution >= 0.6 is 23.4 Å². The molecule has 20 nitrogen and oxygen atoms in total. The molecule has 0 amide bonds. The first-order valence-corrected chi connectivity index (χ1v) is 15.8. The van der Waals surface area contributed by atoms with E-state index in [2.05, 4.69) is 38.9 Å². The van der Waals surface area contributed by atoms with Gasteiger partial charge in [0.15, 0.2) is 23.8 Å². The molecule has 0 aliphatic carbocycles. The maximum absolute atomic E-state index is 13.1. The van der Waals surface area contributed by atoms with Gasteiger partial charge in [0, 0.05) is 12.7 Å². The lowest BCUT2D eigenvalue weighted by Crippen LogP contribution is -2.37. The van der Waals surface area contributed by atoms with Gasteiger partial charge in [-0.15, -0.1) is 0 Å². The summed E-state index contributed by atoms with van der Waals surface area (Å²) in [7, 11) is -14.7. The Bertz CT molecular complexity index is 1580. The van der Waals surface area contributed by atoms with Crippen molar-refractivity contribution in [1.82, 2.24) is 19.5 Å². The smallest absolute Gasteiger partial charge is 0.451 e. The number of esters is 1. The zero-order valence-electron chi connectivity index (χ0n) is 20.7. The van der Waals surface area contributed by atoms with Crippen LogP contribution in [-0.4, -0.2) is 77.2 Å². The summed E-state index contributed by atoms with van der Waals surface area (Å²) in [6.45, 7) is -0.990. The number of nitrogens with one attached hydrogen (secondary N) is 1. The molecule has 2 aromatic heterocycles. The number of fused-ring (bicyclic) bond motifs is 1. The van der Waals surface area contributed by atoms with Gasteiger partial charge in [0.05, 0.1) is 18.5 Å². The largest absolute Gasteiger partial charge is 0.489 e. The first-order valence-electron chi connectivity index (χ1n) is 11.2. The summed E-state index contributed by atoms with van der Waals surface area (Å²) in [6, 6.07) is 6.33. The van der Waals surface area contributed by atoms with Gasteiger partial charge in [-0.25, -0.2) is 38.9 Å². The average molecular weight is 639 g/mol. The number of carbonyl (C=O) groups is 1. The molecule has 4 rings (SSSR count). The van der Waals surface area contributed by atoms with Crippen LogP contribution in [0.4, 0.5) is 11.5 Å². The lowest BCUT2D eigenvalue weighted by Gasteiger charge is -2.22. The minimum Gasteiger partial charge on any atom is -0.451 e. The topological polar surface area (TPSA) is 303 Å². The van der Waals surface area contributed by atoms with E-state index in [4.69, 9.17) is 20.1 Å². The second kappa shape index (κ2) is 11.8. The Labute approximate surface area is 230 Å². The van der Waals surface area contributed by atoms with Crippen LogP contribution in [0.15, 0.2) is 36.9 Å². The van der Waals surface area contributed by atoms with Gasteiger partial charge in [0.25, 0.3) is 0 Å². The van der Waals surface area contributed by atoms with Gasteiger partial charge in [-0.05, 0) is 12.1 Å². The molecule has 3 unspecified atom stereocenters. The number of aliphatic hydroxyl groups is 1. The van der Waals surface area contributed by atoms with E-state index in [9.17, 15) is 33.4 Å². The molecule has 41 heavy (non-hydrogen) atoms. The quantitative estimate of drug-likeness (QED) is 0.109. The maximum Gasteiger partial charge on any atom is 0.489 e. The second-order valence-corrected chi connectivity index (χ2v) is 12.8. The van der Waals surface area contributed by atoms with Crippen LogP contribution in [-0.2, 0) is 36.3 Å². The molecule has 3 heterocycles. The lowest BCUT2D eigenvalue weighted by atomic mass is 10.1. The summed E-state index contributed by atoms with van der Waals surface area (Å²) in [6.07, 6.45) is -3.77. The SMILES string of the molecule is CNc1ccccc1C(=O)O[C@@H]1[C@H](O)[C@@H](COP(=O)(O)OP(=O)(O)OP(N)(=O)O)O[C@H]1n1cnc2c(N)ncnc21. The molecule has 0 bridgehead atoms. The molecule has 9 N–H and O–H groups in total. The third-order valence-electron chi connectivity index (χ3n) is 5.46. The first-order chi connectivity index (χ1) is 19.1. The fourth-order valence-corrected chi connectivity index (χ4v) is 6.95. The normalized spacial score (nSPS) is 25.2. The highest BCUT2D eigenvalue weighted by Crippen LogP contribution is 2.65. The minimum absolute atomic E-state index is 0.0163. The molecule has 0 saturated carbocycles. The van der Waals surface area contributed by atoms with Gasteiger partial charge < -0.3 is 40.3 Å². The van der Waals surface area contributed by atoms with Crippen LogP contribution in [0.2, 0.25) is 0 Å². The van der Waals surface area contributed by atoms with Crippen molar-refractivity contribution in [1.29, 1.82) is 0 Å². The Hall–Kier alpha value is -2.83. The van der Waals surface area contributed by atoms with Crippen molar-refractivity contribution in [3.05, 3.63) is 42.5 Å². The van der Waals surface area contributed by atoms with Crippen molar-refractivity contribution in [2.75, 3.05) is 24.7 Å². The molecule has 1 aliphatic rings. The number of aliphatic hydroxyl groups excluding tert-OH is 1. The summed E-state index contributed by atoms with van der Waals surface area (Å²) >= 11 is 0. The molecular weight excluding hydrogens is 615 g/mol. The van der Waals surface area contributed by atoms with Gasteiger partial charge in [0.2, 0.25) is 0 Å².